The van der Waals surface area contributed by atoms with Crippen LogP contribution < -0.4 is 10.1 Å². The molecule has 1 aliphatic carbocycles. The Morgan fingerprint density at radius 1 is 1.53 bits per heavy atom. The maximum atomic E-state index is 11.3. The second kappa shape index (κ2) is 5.93. The highest BCUT2D eigenvalue weighted by Gasteiger charge is 2.26. The number of carbonyl (C=O) groups is 1. The minimum atomic E-state index is -0.922. The molecule has 1 unspecified atom stereocenters. The number of carboxylic acid groups (broad SMARTS) is 1. The molecule has 19 heavy (non-hydrogen) atoms. The molecule has 1 saturated carbocycles. The number of ether oxygens (including phenoxy) is 1. The second-order valence-electron chi connectivity index (χ2n) is 4.78. The lowest BCUT2D eigenvalue weighted by Gasteiger charge is -2.16. The number of phenolic OH excluding ortho intramolecular Hbond substituents is 1. The molecule has 5 heteroatoms. The molecular formula is C14H19NO4. The van der Waals surface area contributed by atoms with Gasteiger partial charge in [0.15, 0.2) is 11.5 Å². The van der Waals surface area contributed by atoms with Crippen LogP contribution in [-0.2, 0) is 4.79 Å². The third-order valence-corrected chi connectivity index (χ3v) is 3.17. The van der Waals surface area contributed by atoms with Crippen LogP contribution in [0.2, 0.25) is 0 Å². The van der Waals surface area contributed by atoms with Crippen molar-refractivity contribution in [3.8, 4) is 11.5 Å². The number of nitrogens with one attached hydrogen (secondary N) is 1. The predicted molar refractivity (Wildman–Crippen MR) is 70.4 cm³/mol. The number of aliphatic carboxylic acids is 1. The first kappa shape index (κ1) is 13.7. The molecule has 104 valence electrons. The van der Waals surface area contributed by atoms with Gasteiger partial charge in [-0.3, -0.25) is 4.79 Å². The monoisotopic (exact) mass is 265 g/mol. The maximum absolute atomic E-state index is 11.3. The fourth-order valence-corrected chi connectivity index (χ4v) is 1.94. The van der Waals surface area contributed by atoms with E-state index in [1.165, 1.54) is 18.9 Å². The molecule has 1 atom stereocenters. The Bertz CT molecular complexity index is 457. The molecule has 0 bridgehead atoms. The summed E-state index contributed by atoms with van der Waals surface area (Å²) in [6.45, 7) is 2.94. The van der Waals surface area contributed by atoms with Crippen LogP contribution >= 0.6 is 0 Å². The Hall–Kier alpha value is -1.75. The van der Waals surface area contributed by atoms with E-state index in [2.05, 4.69) is 5.32 Å². The van der Waals surface area contributed by atoms with Crippen molar-refractivity contribution >= 4 is 5.97 Å². The summed E-state index contributed by atoms with van der Waals surface area (Å²) in [6, 6.07) is 3.89. The van der Waals surface area contributed by atoms with Gasteiger partial charge in [0.05, 0.1) is 6.61 Å². The van der Waals surface area contributed by atoms with E-state index < -0.39 is 12.0 Å². The molecule has 5 nitrogen and oxygen atoms in total. The molecule has 1 fully saturated rings. The van der Waals surface area contributed by atoms with Crippen molar-refractivity contribution in [3.63, 3.8) is 0 Å². The summed E-state index contributed by atoms with van der Waals surface area (Å²) < 4.78 is 5.27. The van der Waals surface area contributed by atoms with Crippen LogP contribution in [0.15, 0.2) is 18.2 Å². The summed E-state index contributed by atoms with van der Waals surface area (Å²) in [5.41, 5.74) is 0.592. The van der Waals surface area contributed by atoms with Gasteiger partial charge >= 0.3 is 5.97 Å². The molecule has 0 saturated heterocycles. The van der Waals surface area contributed by atoms with Crippen molar-refractivity contribution in [2.24, 2.45) is 5.92 Å². The van der Waals surface area contributed by atoms with Crippen molar-refractivity contribution in [2.45, 2.75) is 25.8 Å². The van der Waals surface area contributed by atoms with Gasteiger partial charge in [0, 0.05) is 0 Å². The zero-order valence-corrected chi connectivity index (χ0v) is 10.9. The zero-order chi connectivity index (χ0) is 13.8. The Kier molecular flexibility index (Phi) is 4.27. The molecule has 0 aliphatic heterocycles. The van der Waals surface area contributed by atoms with E-state index in [1.54, 1.807) is 12.1 Å². The molecule has 1 aliphatic rings. The number of aromatic hydroxyl groups is 1. The summed E-state index contributed by atoms with van der Waals surface area (Å²) in [5.74, 6) is 0.0236. The first-order chi connectivity index (χ1) is 9.11. The van der Waals surface area contributed by atoms with Crippen molar-refractivity contribution < 1.29 is 19.7 Å². The van der Waals surface area contributed by atoms with Gasteiger partial charge in [0.1, 0.15) is 6.04 Å². The number of phenols is 1. The third-order valence-electron chi connectivity index (χ3n) is 3.17. The lowest BCUT2D eigenvalue weighted by Crippen LogP contribution is -2.30. The minimum Gasteiger partial charge on any atom is -0.504 e. The van der Waals surface area contributed by atoms with E-state index in [4.69, 9.17) is 4.74 Å². The van der Waals surface area contributed by atoms with Gasteiger partial charge in [-0.25, -0.2) is 0 Å². The number of benzene rings is 1. The lowest BCUT2D eigenvalue weighted by atomic mass is 10.1. The molecular weight excluding hydrogens is 246 g/mol. The Morgan fingerprint density at radius 3 is 2.84 bits per heavy atom. The van der Waals surface area contributed by atoms with Gasteiger partial charge in [-0.15, -0.1) is 0 Å². The average molecular weight is 265 g/mol. The normalized spacial score (nSPS) is 16.1. The first-order valence-corrected chi connectivity index (χ1v) is 6.53. The van der Waals surface area contributed by atoms with Crippen LogP contribution in [0.4, 0.5) is 0 Å². The van der Waals surface area contributed by atoms with Gasteiger partial charge in [0.2, 0.25) is 0 Å². The Balaban J connectivity index is 2.14. The standard InChI is InChI=1S/C14H19NO4/c1-2-19-12-7-10(5-6-11(12)16)13(14(17)18)15-8-9-3-4-9/h5-7,9,13,15-16H,2-4,8H2,1H3,(H,17,18). The van der Waals surface area contributed by atoms with Gasteiger partial charge in [-0.1, -0.05) is 6.07 Å². The van der Waals surface area contributed by atoms with E-state index in [-0.39, 0.29) is 5.75 Å². The van der Waals surface area contributed by atoms with Crippen molar-refractivity contribution in [1.29, 1.82) is 0 Å². The molecule has 1 aromatic rings. The average Bonchev–Trinajstić information content (AvgIpc) is 3.17. The SMILES string of the molecule is CCOc1cc(C(NCC2CC2)C(=O)O)ccc1O. The Labute approximate surface area is 112 Å². The smallest absolute Gasteiger partial charge is 0.325 e. The molecule has 0 heterocycles. The van der Waals surface area contributed by atoms with E-state index >= 15 is 0 Å². The van der Waals surface area contributed by atoms with E-state index in [9.17, 15) is 15.0 Å². The van der Waals surface area contributed by atoms with Crippen LogP contribution in [-0.4, -0.2) is 29.3 Å². The highest BCUT2D eigenvalue weighted by molar-refractivity contribution is 5.76. The van der Waals surface area contributed by atoms with Crippen LogP contribution in [0.1, 0.15) is 31.4 Å². The predicted octanol–water partition coefficient (Wildman–Crippen LogP) is 1.92. The second-order valence-corrected chi connectivity index (χ2v) is 4.78. The van der Waals surface area contributed by atoms with Crippen LogP contribution in [0.5, 0.6) is 11.5 Å². The molecule has 3 N–H and O–H groups in total. The topological polar surface area (TPSA) is 78.8 Å². The van der Waals surface area contributed by atoms with E-state index in [0.717, 1.165) is 0 Å². The van der Waals surface area contributed by atoms with Crippen LogP contribution in [0, 0.1) is 5.92 Å². The van der Waals surface area contributed by atoms with E-state index in [0.29, 0.717) is 30.4 Å². The van der Waals surface area contributed by atoms with Gasteiger partial charge in [-0.05, 0) is 49.9 Å². The molecule has 0 radical (unpaired) electrons. The molecule has 0 amide bonds. The fourth-order valence-electron chi connectivity index (χ4n) is 1.94. The summed E-state index contributed by atoms with van der Waals surface area (Å²) in [7, 11) is 0. The Morgan fingerprint density at radius 2 is 2.26 bits per heavy atom. The molecule has 0 spiro atoms. The number of carboxylic acids is 1. The summed E-state index contributed by atoms with van der Waals surface area (Å²) in [6.07, 6.45) is 2.33. The van der Waals surface area contributed by atoms with Crippen molar-refractivity contribution in [1.82, 2.24) is 5.32 Å². The molecule has 1 aromatic carbocycles. The summed E-state index contributed by atoms with van der Waals surface area (Å²) in [4.78, 5) is 11.3. The lowest BCUT2D eigenvalue weighted by molar-refractivity contribution is -0.139. The fraction of sp³-hybridized carbons (Fsp3) is 0.500. The minimum absolute atomic E-state index is 0.0249. The van der Waals surface area contributed by atoms with Gasteiger partial charge in [-0.2, -0.15) is 0 Å². The number of rotatable bonds is 7. The highest BCUT2D eigenvalue weighted by Crippen LogP contribution is 2.31. The van der Waals surface area contributed by atoms with Crippen LogP contribution in [0.3, 0.4) is 0 Å². The maximum Gasteiger partial charge on any atom is 0.325 e. The van der Waals surface area contributed by atoms with Gasteiger partial charge in [0.25, 0.3) is 0 Å². The first-order valence-electron chi connectivity index (χ1n) is 6.53. The van der Waals surface area contributed by atoms with Crippen LogP contribution in [0.25, 0.3) is 0 Å². The van der Waals surface area contributed by atoms with Crippen molar-refractivity contribution in [2.75, 3.05) is 13.2 Å². The highest BCUT2D eigenvalue weighted by atomic mass is 16.5. The largest absolute Gasteiger partial charge is 0.504 e. The number of hydrogen-bond acceptors (Lipinski definition) is 4. The summed E-state index contributed by atoms with van der Waals surface area (Å²) >= 11 is 0. The summed E-state index contributed by atoms with van der Waals surface area (Å²) in [5, 5.41) is 22.0. The van der Waals surface area contributed by atoms with E-state index in [1.807, 2.05) is 6.92 Å². The third kappa shape index (κ3) is 3.61. The van der Waals surface area contributed by atoms with Gasteiger partial charge < -0.3 is 20.3 Å². The van der Waals surface area contributed by atoms with Crippen molar-refractivity contribution in [3.05, 3.63) is 23.8 Å². The number of hydrogen-bond donors (Lipinski definition) is 3. The molecule has 0 aromatic heterocycles. The molecule has 2 rings (SSSR count). The zero-order valence-electron chi connectivity index (χ0n) is 10.9. The quantitative estimate of drug-likeness (QED) is 0.702.